The molecule has 2 atom stereocenters. The molecule has 178 valence electrons. The normalized spacial score (nSPS) is 16.7. The Hall–Kier alpha value is -4.11. The zero-order valence-electron chi connectivity index (χ0n) is 20.0. The number of ether oxygens (including phenoxy) is 1. The number of anilines is 1. The summed E-state index contributed by atoms with van der Waals surface area (Å²) in [6.45, 7) is 2.14. The molecule has 0 radical (unpaired) electrons. The summed E-state index contributed by atoms with van der Waals surface area (Å²) in [5.41, 5.74) is 4.33. The Balaban J connectivity index is 1.70. The number of benzene rings is 2. The first kappa shape index (κ1) is 24.0. The van der Waals surface area contributed by atoms with Crippen molar-refractivity contribution in [3.8, 4) is 18.1 Å². The number of hydrogen-bond acceptors (Lipinski definition) is 4. The van der Waals surface area contributed by atoms with Crippen molar-refractivity contribution < 1.29 is 14.3 Å². The number of aromatic nitrogens is 1. The van der Waals surface area contributed by atoms with Gasteiger partial charge in [-0.1, -0.05) is 38.0 Å². The molecule has 6 nitrogen and oxygen atoms in total. The minimum absolute atomic E-state index is 0.00539. The van der Waals surface area contributed by atoms with Crippen LogP contribution in [0.5, 0.6) is 5.75 Å². The molecule has 0 bridgehead atoms. The Kier molecular flexibility index (Phi) is 7.47. The lowest BCUT2D eigenvalue weighted by Crippen LogP contribution is -2.47. The molecule has 0 saturated carbocycles. The summed E-state index contributed by atoms with van der Waals surface area (Å²) in [4.78, 5) is 31.4. The van der Waals surface area contributed by atoms with Gasteiger partial charge in [-0.3, -0.25) is 14.6 Å². The molecule has 1 aliphatic rings. The highest BCUT2D eigenvalue weighted by Gasteiger charge is 2.37. The minimum atomic E-state index is -0.319. The molecular weight excluding hydrogens is 438 g/mol. The number of rotatable bonds is 7. The first-order valence-corrected chi connectivity index (χ1v) is 11.8. The van der Waals surface area contributed by atoms with Crippen molar-refractivity contribution in [1.29, 1.82) is 0 Å². The van der Waals surface area contributed by atoms with E-state index in [9.17, 15) is 9.59 Å². The fraction of sp³-hybridized carbons (Fsp3) is 0.276. The van der Waals surface area contributed by atoms with Crippen LogP contribution in [0.4, 0.5) is 5.69 Å². The van der Waals surface area contributed by atoms with E-state index in [4.69, 9.17) is 11.2 Å². The Morgan fingerprint density at radius 3 is 2.54 bits per heavy atom. The molecule has 4 rings (SSSR count). The Labute approximate surface area is 206 Å². The number of carbonyl (C=O) groups excluding carboxylic acids is 2. The number of fused-ring (bicyclic) bond motifs is 1. The molecule has 3 aromatic rings. The van der Waals surface area contributed by atoms with E-state index in [0.717, 1.165) is 48.1 Å². The molecule has 6 heteroatoms. The van der Waals surface area contributed by atoms with Gasteiger partial charge in [-0.2, -0.15) is 0 Å². The van der Waals surface area contributed by atoms with Crippen LogP contribution in [0.15, 0.2) is 67.0 Å². The lowest BCUT2D eigenvalue weighted by Gasteiger charge is -2.43. The van der Waals surface area contributed by atoms with Crippen LogP contribution >= 0.6 is 0 Å². The van der Waals surface area contributed by atoms with Crippen molar-refractivity contribution in [2.24, 2.45) is 0 Å². The summed E-state index contributed by atoms with van der Waals surface area (Å²) in [5.74, 6) is 2.62. The van der Waals surface area contributed by atoms with Crippen molar-refractivity contribution in [1.82, 2.24) is 9.88 Å². The number of pyridine rings is 1. The second kappa shape index (κ2) is 10.9. The third kappa shape index (κ3) is 5.20. The number of carbonyl (C=O) groups is 2. The van der Waals surface area contributed by atoms with Crippen LogP contribution in [-0.2, 0) is 11.2 Å². The molecule has 2 aromatic carbocycles. The van der Waals surface area contributed by atoms with Gasteiger partial charge >= 0.3 is 0 Å². The Morgan fingerprint density at radius 2 is 1.89 bits per heavy atom. The predicted molar refractivity (Wildman–Crippen MR) is 136 cm³/mol. The molecule has 35 heavy (non-hydrogen) atoms. The van der Waals surface area contributed by atoms with E-state index in [1.165, 1.54) is 0 Å². The van der Waals surface area contributed by atoms with Gasteiger partial charge < -0.3 is 15.0 Å². The van der Waals surface area contributed by atoms with Crippen LogP contribution in [-0.4, -0.2) is 34.8 Å². The van der Waals surface area contributed by atoms with E-state index in [1.807, 2.05) is 41.3 Å². The maximum Gasteiger partial charge on any atom is 0.299 e. The SMILES string of the molecule is C#CC(=O)N1[C@@H](CCCC)Cc2cc(OC)ccc2[C@@H]1c1ccc(NC(=O)c2ccncc2)cc1. The average molecular weight is 468 g/mol. The number of terminal acetylenes is 1. The molecule has 1 aromatic heterocycles. The van der Waals surface area contributed by atoms with Crippen molar-refractivity contribution in [2.45, 2.75) is 44.7 Å². The van der Waals surface area contributed by atoms with Crippen molar-refractivity contribution in [3.63, 3.8) is 0 Å². The lowest BCUT2D eigenvalue weighted by atomic mass is 9.83. The quantitative estimate of drug-likeness (QED) is 0.496. The molecule has 0 spiro atoms. The molecule has 0 aliphatic carbocycles. The van der Waals surface area contributed by atoms with Gasteiger partial charge in [0.1, 0.15) is 5.75 Å². The fourth-order valence-corrected chi connectivity index (χ4v) is 4.70. The lowest BCUT2D eigenvalue weighted by molar-refractivity contribution is -0.130. The molecule has 1 N–H and O–H groups in total. The van der Waals surface area contributed by atoms with E-state index in [1.54, 1.807) is 31.6 Å². The smallest absolute Gasteiger partial charge is 0.299 e. The van der Waals surface area contributed by atoms with Crippen LogP contribution in [0.25, 0.3) is 0 Å². The number of unbranched alkanes of at least 4 members (excludes halogenated alkanes) is 1. The Bertz CT molecular complexity index is 1230. The second-order valence-electron chi connectivity index (χ2n) is 8.64. The first-order chi connectivity index (χ1) is 17.0. The highest BCUT2D eigenvalue weighted by Crippen LogP contribution is 2.40. The summed E-state index contributed by atoms with van der Waals surface area (Å²) in [6, 6.07) is 16.6. The zero-order valence-corrected chi connectivity index (χ0v) is 20.0. The van der Waals surface area contributed by atoms with E-state index in [-0.39, 0.29) is 23.9 Å². The van der Waals surface area contributed by atoms with E-state index < -0.39 is 0 Å². The highest BCUT2D eigenvalue weighted by atomic mass is 16.5. The van der Waals surface area contributed by atoms with Crippen molar-refractivity contribution in [3.05, 3.63) is 89.2 Å². The average Bonchev–Trinajstić information content (AvgIpc) is 2.91. The van der Waals surface area contributed by atoms with Gasteiger partial charge in [-0.15, -0.1) is 6.42 Å². The van der Waals surface area contributed by atoms with E-state index >= 15 is 0 Å². The molecule has 0 fully saturated rings. The number of nitrogens with one attached hydrogen (secondary N) is 1. The van der Waals surface area contributed by atoms with Gasteiger partial charge in [-0.05, 0) is 71.9 Å². The molecular formula is C29H29N3O3. The minimum Gasteiger partial charge on any atom is -0.497 e. The molecule has 2 heterocycles. The predicted octanol–water partition coefficient (Wildman–Crippen LogP) is 5.01. The number of methoxy groups -OCH3 is 1. The van der Waals surface area contributed by atoms with Gasteiger partial charge in [0, 0.05) is 29.7 Å². The number of hydrogen-bond donors (Lipinski definition) is 1. The monoisotopic (exact) mass is 467 g/mol. The first-order valence-electron chi connectivity index (χ1n) is 11.8. The van der Waals surface area contributed by atoms with Gasteiger partial charge in [-0.25, -0.2) is 0 Å². The maximum absolute atomic E-state index is 13.0. The zero-order chi connectivity index (χ0) is 24.8. The van der Waals surface area contributed by atoms with Crippen LogP contribution in [0, 0.1) is 12.3 Å². The fourth-order valence-electron chi connectivity index (χ4n) is 4.70. The van der Waals surface area contributed by atoms with Gasteiger partial charge in [0.15, 0.2) is 0 Å². The maximum atomic E-state index is 13.0. The Morgan fingerprint density at radius 1 is 1.14 bits per heavy atom. The standard InChI is InChI=1S/C29H29N3O3/c1-4-6-7-24-18-22-19-25(35-3)12-13-26(22)28(32(24)27(33)5-2)20-8-10-23(11-9-20)31-29(34)21-14-16-30-17-15-21/h2,8-17,19,24,28H,4,6-7,18H2,1,3H3,(H,31,34)/t24-,28-/m0/s1. The summed E-state index contributed by atoms with van der Waals surface area (Å²) in [6.07, 6.45) is 12.4. The summed E-state index contributed by atoms with van der Waals surface area (Å²) < 4.78 is 5.47. The largest absolute Gasteiger partial charge is 0.497 e. The third-order valence-corrected chi connectivity index (χ3v) is 6.45. The van der Waals surface area contributed by atoms with Crippen LogP contribution in [0.2, 0.25) is 0 Å². The van der Waals surface area contributed by atoms with Gasteiger partial charge in [0.25, 0.3) is 11.8 Å². The van der Waals surface area contributed by atoms with E-state index in [0.29, 0.717) is 11.3 Å². The second-order valence-corrected chi connectivity index (χ2v) is 8.64. The summed E-state index contributed by atoms with van der Waals surface area (Å²) >= 11 is 0. The summed E-state index contributed by atoms with van der Waals surface area (Å²) in [5, 5.41) is 2.91. The van der Waals surface area contributed by atoms with Crippen molar-refractivity contribution in [2.75, 3.05) is 12.4 Å². The molecule has 0 saturated heterocycles. The number of amides is 2. The summed E-state index contributed by atoms with van der Waals surface area (Å²) in [7, 11) is 1.66. The van der Waals surface area contributed by atoms with E-state index in [2.05, 4.69) is 29.2 Å². The van der Waals surface area contributed by atoms with Gasteiger partial charge in [0.2, 0.25) is 0 Å². The molecule has 2 amide bonds. The topological polar surface area (TPSA) is 71.5 Å². The van der Waals surface area contributed by atoms with Gasteiger partial charge in [0.05, 0.1) is 13.2 Å². The highest BCUT2D eigenvalue weighted by molar-refractivity contribution is 6.04. The van der Waals surface area contributed by atoms with Crippen LogP contribution in [0.1, 0.15) is 59.3 Å². The molecule has 1 aliphatic heterocycles. The van der Waals surface area contributed by atoms with Crippen LogP contribution < -0.4 is 10.1 Å². The van der Waals surface area contributed by atoms with Crippen LogP contribution in [0.3, 0.4) is 0 Å². The third-order valence-electron chi connectivity index (χ3n) is 6.45. The molecule has 0 unspecified atom stereocenters. The number of nitrogens with zero attached hydrogens (tertiary/aromatic N) is 2. The van der Waals surface area contributed by atoms with Crippen molar-refractivity contribution >= 4 is 17.5 Å².